The van der Waals surface area contributed by atoms with Gasteiger partial charge in [-0.3, -0.25) is 4.98 Å². The van der Waals surface area contributed by atoms with E-state index in [2.05, 4.69) is 21.1 Å². The highest BCUT2D eigenvalue weighted by molar-refractivity contribution is 5.62. The molecule has 0 aliphatic rings. The van der Waals surface area contributed by atoms with Gasteiger partial charge in [0, 0.05) is 23.7 Å². The molecule has 0 bridgehead atoms. The molecule has 3 rings (SSSR count). The minimum absolute atomic E-state index is 0.517. The molecule has 86 valence electrons. The maximum atomic E-state index is 9.06. The van der Waals surface area contributed by atoms with Gasteiger partial charge in [0.15, 0.2) is 11.5 Å². The van der Waals surface area contributed by atoms with Crippen LogP contribution in [0.5, 0.6) is 0 Å². The Balaban J connectivity index is 2.30. The highest BCUT2D eigenvalue weighted by Gasteiger charge is 2.11. The number of nitrogens with zero attached hydrogens (tertiary/aromatic N) is 5. The third-order valence-corrected chi connectivity index (χ3v) is 2.71. The third kappa shape index (κ3) is 1.52. The van der Waals surface area contributed by atoms with Crippen LogP contribution in [0.25, 0.3) is 17.0 Å². The van der Waals surface area contributed by atoms with E-state index in [9.17, 15) is 0 Å². The standard InChI is InChI=1S/C13H9N5/c1-9-4-5-10(7-14)13-16-12(17-18(9)13)11-3-2-6-15-8-11/h2-6,8H,1H3. The lowest BCUT2D eigenvalue weighted by Gasteiger charge is -1.97. The summed E-state index contributed by atoms with van der Waals surface area (Å²) in [7, 11) is 0. The zero-order chi connectivity index (χ0) is 12.5. The van der Waals surface area contributed by atoms with E-state index in [0.717, 1.165) is 11.3 Å². The van der Waals surface area contributed by atoms with Gasteiger partial charge >= 0.3 is 0 Å². The molecule has 0 aromatic carbocycles. The van der Waals surface area contributed by atoms with Crippen LogP contribution < -0.4 is 0 Å². The fraction of sp³-hybridized carbons (Fsp3) is 0.0769. The molecular formula is C13H9N5. The molecular weight excluding hydrogens is 226 g/mol. The second-order valence-corrected chi connectivity index (χ2v) is 3.91. The predicted octanol–water partition coefficient (Wildman–Crippen LogP) is 1.97. The Morgan fingerprint density at radius 1 is 1.28 bits per heavy atom. The normalized spacial score (nSPS) is 10.4. The molecule has 3 aromatic heterocycles. The molecule has 0 N–H and O–H groups in total. The molecule has 3 aromatic rings. The van der Waals surface area contributed by atoms with Crippen molar-refractivity contribution in [3.8, 4) is 17.5 Å². The summed E-state index contributed by atoms with van der Waals surface area (Å²) in [6.45, 7) is 1.93. The maximum absolute atomic E-state index is 9.06. The molecule has 5 heteroatoms. The molecule has 0 fully saturated rings. The Morgan fingerprint density at radius 3 is 2.89 bits per heavy atom. The van der Waals surface area contributed by atoms with E-state index in [0.29, 0.717) is 17.0 Å². The van der Waals surface area contributed by atoms with Crippen molar-refractivity contribution in [2.75, 3.05) is 0 Å². The van der Waals surface area contributed by atoms with Crippen molar-refractivity contribution in [1.82, 2.24) is 19.6 Å². The van der Waals surface area contributed by atoms with E-state index in [-0.39, 0.29) is 0 Å². The van der Waals surface area contributed by atoms with E-state index in [1.54, 1.807) is 23.0 Å². The maximum Gasteiger partial charge on any atom is 0.183 e. The second-order valence-electron chi connectivity index (χ2n) is 3.91. The van der Waals surface area contributed by atoms with Gasteiger partial charge in [-0.1, -0.05) is 0 Å². The Kier molecular flexibility index (Phi) is 2.27. The predicted molar refractivity (Wildman–Crippen MR) is 65.7 cm³/mol. The van der Waals surface area contributed by atoms with Crippen molar-refractivity contribution in [2.45, 2.75) is 6.92 Å². The number of hydrogen-bond donors (Lipinski definition) is 0. The summed E-state index contributed by atoms with van der Waals surface area (Å²) < 4.78 is 1.68. The van der Waals surface area contributed by atoms with Crippen molar-refractivity contribution < 1.29 is 0 Å². The average Bonchev–Trinajstić information content (AvgIpc) is 2.86. The van der Waals surface area contributed by atoms with Crippen molar-refractivity contribution in [3.05, 3.63) is 47.9 Å². The van der Waals surface area contributed by atoms with Gasteiger partial charge in [0.1, 0.15) is 6.07 Å². The zero-order valence-corrected chi connectivity index (χ0v) is 9.70. The molecule has 0 atom stereocenters. The largest absolute Gasteiger partial charge is 0.264 e. The molecule has 0 saturated carbocycles. The van der Waals surface area contributed by atoms with Crippen LogP contribution >= 0.6 is 0 Å². The summed E-state index contributed by atoms with van der Waals surface area (Å²) in [5.74, 6) is 0.578. The van der Waals surface area contributed by atoms with Gasteiger partial charge in [-0.25, -0.2) is 9.50 Å². The van der Waals surface area contributed by atoms with Crippen LogP contribution in [0.15, 0.2) is 36.7 Å². The number of fused-ring (bicyclic) bond motifs is 1. The number of pyridine rings is 2. The minimum Gasteiger partial charge on any atom is -0.264 e. The number of aryl methyl sites for hydroxylation is 1. The Morgan fingerprint density at radius 2 is 2.17 bits per heavy atom. The first-order valence-corrected chi connectivity index (χ1v) is 5.46. The average molecular weight is 235 g/mol. The van der Waals surface area contributed by atoms with Crippen LogP contribution in [0.3, 0.4) is 0 Å². The molecule has 0 aliphatic carbocycles. The summed E-state index contributed by atoms with van der Waals surface area (Å²) in [4.78, 5) is 8.45. The smallest absolute Gasteiger partial charge is 0.183 e. The van der Waals surface area contributed by atoms with Gasteiger partial charge in [-0.2, -0.15) is 5.26 Å². The van der Waals surface area contributed by atoms with Crippen molar-refractivity contribution in [1.29, 1.82) is 5.26 Å². The van der Waals surface area contributed by atoms with Crippen LogP contribution in [-0.2, 0) is 0 Å². The molecule has 18 heavy (non-hydrogen) atoms. The molecule has 5 nitrogen and oxygen atoms in total. The lowest BCUT2D eigenvalue weighted by atomic mass is 10.2. The summed E-state index contributed by atoms with van der Waals surface area (Å²) in [6, 6.07) is 9.46. The third-order valence-electron chi connectivity index (χ3n) is 2.71. The van der Waals surface area contributed by atoms with Gasteiger partial charge in [0.2, 0.25) is 0 Å². The molecule has 0 saturated heterocycles. The van der Waals surface area contributed by atoms with E-state index in [1.807, 2.05) is 25.1 Å². The lowest BCUT2D eigenvalue weighted by Crippen LogP contribution is -1.95. The van der Waals surface area contributed by atoms with Gasteiger partial charge in [-0.15, -0.1) is 5.10 Å². The van der Waals surface area contributed by atoms with E-state index in [1.165, 1.54) is 0 Å². The SMILES string of the molecule is Cc1ccc(C#N)c2nc(-c3cccnc3)nn12. The van der Waals surface area contributed by atoms with Crippen LogP contribution in [0, 0.1) is 18.3 Å². The topological polar surface area (TPSA) is 66.9 Å². The summed E-state index contributed by atoms with van der Waals surface area (Å²) in [5, 5.41) is 13.5. The fourth-order valence-electron chi connectivity index (χ4n) is 1.79. The first kappa shape index (κ1) is 10.4. The number of rotatable bonds is 1. The Labute approximate surface area is 103 Å². The van der Waals surface area contributed by atoms with Gasteiger partial charge in [0.05, 0.1) is 5.56 Å². The van der Waals surface area contributed by atoms with Crippen molar-refractivity contribution in [3.63, 3.8) is 0 Å². The number of nitriles is 1. The van der Waals surface area contributed by atoms with Crippen molar-refractivity contribution in [2.24, 2.45) is 0 Å². The summed E-state index contributed by atoms with van der Waals surface area (Å²) in [6.07, 6.45) is 3.40. The molecule has 3 heterocycles. The lowest BCUT2D eigenvalue weighted by molar-refractivity contribution is 0.916. The first-order valence-electron chi connectivity index (χ1n) is 5.46. The number of aromatic nitrogens is 4. The van der Waals surface area contributed by atoms with E-state index in [4.69, 9.17) is 5.26 Å². The Bertz CT molecular complexity index is 752. The van der Waals surface area contributed by atoms with Crippen LogP contribution in [0.4, 0.5) is 0 Å². The molecule has 0 radical (unpaired) electrons. The van der Waals surface area contributed by atoms with Gasteiger partial charge in [-0.05, 0) is 31.2 Å². The van der Waals surface area contributed by atoms with Gasteiger partial charge < -0.3 is 0 Å². The van der Waals surface area contributed by atoms with E-state index < -0.39 is 0 Å². The second kappa shape index (κ2) is 3.93. The van der Waals surface area contributed by atoms with Gasteiger partial charge in [0.25, 0.3) is 0 Å². The van der Waals surface area contributed by atoms with Crippen LogP contribution in [0.1, 0.15) is 11.3 Å². The molecule has 0 spiro atoms. The summed E-state index contributed by atoms with van der Waals surface area (Å²) >= 11 is 0. The molecule has 0 amide bonds. The monoisotopic (exact) mass is 235 g/mol. The van der Waals surface area contributed by atoms with E-state index >= 15 is 0 Å². The quantitative estimate of drug-likeness (QED) is 0.646. The van der Waals surface area contributed by atoms with Crippen LogP contribution in [-0.4, -0.2) is 19.6 Å². The minimum atomic E-state index is 0.517. The molecule has 0 aliphatic heterocycles. The highest BCUT2D eigenvalue weighted by Crippen LogP contribution is 2.17. The zero-order valence-electron chi connectivity index (χ0n) is 9.70. The van der Waals surface area contributed by atoms with Crippen LogP contribution in [0.2, 0.25) is 0 Å². The Hall–Kier alpha value is -2.74. The first-order chi connectivity index (χ1) is 8.79. The van der Waals surface area contributed by atoms with Crippen molar-refractivity contribution >= 4 is 5.65 Å². The highest BCUT2D eigenvalue weighted by atomic mass is 15.3. The fourth-order valence-corrected chi connectivity index (χ4v) is 1.79. The summed E-state index contributed by atoms with van der Waals surface area (Å²) in [5.41, 5.74) is 2.87. The number of hydrogen-bond acceptors (Lipinski definition) is 4. The molecule has 0 unspecified atom stereocenters.